The van der Waals surface area contributed by atoms with E-state index < -0.39 is 0 Å². The number of rotatable bonds is 4. The van der Waals surface area contributed by atoms with Crippen molar-refractivity contribution in [3.8, 4) is 11.6 Å². The van der Waals surface area contributed by atoms with Crippen LogP contribution in [-0.2, 0) is 16.6 Å². The summed E-state index contributed by atoms with van der Waals surface area (Å²) in [6, 6.07) is 7.19. The van der Waals surface area contributed by atoms with E-state index in [1.54, 1.807) is 29.8 Å². The van der Waals surface area contributed by atoms with E-state index in [2.05, 4.69) is 5.10 Å². The van der Waals surface area contributed by atoms with Crippen molar-refractivity contribution in [2.75, 3.05) is 6.61 Å². The molecule has 0 aliphatic rings. The number of aromatic nitrogens is 3. The molecule has 0 spiro atoms. The van der Waals surface area contributed by atoms with Crippen LogP contribution in [0.25, 0.3) is 22.8 Å². The van der Waals surface area contributed by atoms with Gasteiger partial charge in [0.15, 0.2) is 0 Å². The van der Waals surface area contributed by atoms with Crippen LogP contribution >= 0.6 is 0 Å². The van der Waals surface area contributed by atoms with E-state index in [4.69, 9.17) is 4.74 Å². The number of benzene rings is 1. The number of fused-ring (bicyclic) bond motifs is 1. The zero-order chi connectivity index (χ0) is 17.3. The van der Waals surface area contributed by atoms with Gasteiger partial charge in [-0.05, 0) is 38.1 Å². The third-order valence-corrected chi connectivity index (χ3v) is 3.81. The Morgan fingerprint density at radius 3 is 2.92 bits per heavy atom. The van der Waals surface area contributed by atoms with Crippen LogP contribution in [0.3, 0.4) is 0 Å². The number of aromatic hydroxyl groups is 1. The Morgan fingerprint density at radius 1 is 1.38 bits per heavy atom. The average Bonchev–Trinajstić information content (AvgIpc) is 3.05. The minimum Gasteiger partial charge on any atom is -0.508 e. The molecule has 0 atom stereocenters. The number of carbonyl (C=O) groups is 1. The fourth-order valence-electron chi connectivity index (χ4n) is 2.79. The van der Waals surface area contributed by atoms with E-state index in [9.17, 15) is 9.90 Å². The van der Waals surface area contributed by atoms with Crippen molar-refractivity contribution >= 4 is 22.9 Å². The smallest absolute Gasteiger partial charge is 0.330 e. The second-order valence-corrected chi connectivity index (χ2v) is 5.46. The molecule has 0 aliphatic carbocycles. The lowest BCUT2D eigenvalue weighted by atomic mass is 10.2. The van der Waals surface area contributed by atoms with E-state index >= 15 is 0 Å². The Bertz CT molecular complexity index is 935. The van der Waals surface area contributed by atoms with E-state index in [-0.39, 0.29) is 11.7 Å². The van der Waals surface area contributed by atoms with Gasteiger partial charge in [0.2, 0.25) is 0 Å². The highest BCUT2D eigenvalue weighted by Crippen LogP contribution is 2.27. The normalized spacial score (nSPS) is 11.5. The first-order valence-electron chi connectivity index (χ1n) is 7.70. The number of phenols is 1. The lowest BCUT2D eigenvalue weighted by Gasteiger charge is -2.08. The van der Waals surface area contributed by atoms with Crippen molar-refractivity contribution in [3.63, 3.8) is 0 Å². The molecule has 0 fully saturated rings. The van der Waals surface area contributed by atoms with E-state index in [1.165, 1.54) is 6.08 Å². The Hall–Kier alpha value is -3.02. The van der Waals surface area contributed by atoms with Gasteiger partial charge in [0.05, 0.1) is 17.8 Å². The fourth-order valence-corrected chi connectivity index (χ4v) is 2.79. The maximum atomic E-state index is 11.6. The van der Waals surface area contributed by atoms with Gasteiger partial charge in [0.1, 0.15) is 11.6 Å². The monoisotopic (exact) mass is 325 g/mol. The summed E-state index contributed by atoms with van der Waals surface area (Å²) in [4.78, 5) is 11.6. The van der Waals surface area contributed by atoms with E-state index in [1.807, 2.05) is 36.9 Å². The molecule has 3 rings (SSSR count). The lowest BCUT2D eigenvalue weighted by molar-refractivity contribution is -0.137. The van der Waals surface area contributed by atoms with Crippen molar-refractivity contribution in [2.45, 2.75) is 13.8 Å². The molecular weight excluding hydrogens is 306 g/mol. The highest BCUT2D eigenvalue weighted by molar-refractivity contribution is 5.89. The molecule has 6 heteroatoms. The molecule has 124 valence electrons. The SMILES string of the molecule is CCOC(=O)C=Cc1c(C)nn(C)c1-n1ccc2ccc(O)cc21. The number of aryl methyl sites for hydroxylation is 2. The third-order valence-electron chi connectivity index (χ3n) is 3.81. The number of nitrogens with zero attached hydrogens (tertiary/aromatic N) is 3. The molecule has 2 heterocycles. The molecule has 3 aromatic rings. The Balaban J connectivity index is 2.13. The van der Waals surface area contributed by atoms with E-state index in [0.717, 1.165) is 28.0 Å². The number of carbonyl (C=O) groups excluding carboxylic acids is 1. The van der Waals surface area contributed by atoms with Gasteiger partial charge in [-0.2, -0.15) is 5.10 Å². The van der Waals surface area contributed by atoms with Gasteiger partial charge in [-0.3, -0.25) is 4.68 Å². The molecule has 0 aliphatic heterocycles. The summed E-state index contributed by atoms with van der Waals surface area (Å²) in [5, 5.41) is 15.2. The summed E-state index contributed by atoms with van der Waals surface area (Å²) in [6.45, 7) is 3.99. The van der Waals surface area contributed by atoms with Crippen LogP contribution in [0.15, 0.2) is 36.5 Å². The first-order chi connectivity index (χ1) is 11.5. The predicted molar refractivity (Wildman–Crippen MR) is 92.1 cm³/mol. The minimum absolute atomic E-state index is 0.199. The van der Waals surface area contributed by atoms with Crippen molar-refractivity contribution in [3.05, 3.63) is 47.8 Å². The second-order valence-electron chi connectivity index (χ2n) is 5.46. The predicted octanol–water partition coefficient (Wildman–Crippen LogP) is 2.95. The number of phenolic OH excluding ortho intramolecular Hbond substituents is 1. The molecule has 0 bridgehead atoms. The van der Waals surface area contributed by atoms with Gasteiger partial charge in [0, 0.05) is 36.3 Å². The molecule has 1 N–H and O–H groups in total. The molecular formula is C18H19N3O3. The standard InChI is InChI=1S/C18H19N3O3/c1-4-24-17(23)8-7-15-12(2)19-20(3)18(15)21-10-9-13-5-6-14(22)11-16(13)21/h5-11,22H,4H2,1-3H3. The molecule has 0 radical (unpaired) electrons. The summed E-state index contributed by atoms with van der Waals surface area (Å²) in [5.41, 5.74) is 2.49. The summed E-state index contributed by atoms with van der Waals surface area (Å²) in [5.74, 6) is 0.625. The van der Waals surface area contributed by atoms with Gasteiger partial charge >= 0.3 is 5.97 Å². The topological polar surface area (TPSA) is 69.3 Å². The highest BCUT2D eigenvalue weighted by Gasteiger charge is 2.15. The Morgan fingerprint density at radius 2 is 2.17 bits per heavy atom. The maximum absolute atomic E-state index is 11.6. The number of esters is 1. The van der Waals surface area contributed by atoms with Crippen molar-refractivity contribution < 1.29 is 14.6 Å². The first kappa shape index (κ1) is 15.9. The van der Waals surface area contributed by atoms with Gasteiger partial charge in [-0.25, -0.2) is 4.79 Å². The molecule has 0 amide bonds. The van der Waals surface area contributed by atoms with Gasteiger partial charge in [0.25, 0.3) is 0 Å². The maximum Gasteiger partial charge on any atom is 0.330 e. The Kier molecular flexibility index (Phi) is 4.12. The lowest BCUT2D eigenvalue weighted by Crippen LogP contribution is -2.03. The van der Waals surface area contributed by atoms with Crippen LogP contribution < -0.4 is 0 Å². The molecule has 0 saturated carbocycles. The Labute approximate surface area is 139 Å². The van der Waals surface area contributed by atoms with Crippen LogP contribution in [0.1, 0.15) is 18.2 Å². The second kappa shape index (κ2) is 6.23. The molecule has 0 saturated heterocycles. The van der Waals surface area contributed by atoms with Crippen molar-refractivity contribution in [1.82, 2.24) is 14.3 Å². The third kappa shape index (κ3) is 2.78. The van der Waals surface area contributed by atoms with Crippen molar-refractivity contribution in [2.24, 2.45) is 7.05 Å². The highest BCUT2D eigenvalue weighted by atomic mass is 16.5. The largest absolute Gasteiger partial charge is 0.508 e. The summed E-state index contributed by atoms with van der Waals surface area (Å²) in [7, 11) is 1.85. The van der Waals surface area contributed by atoms with Crippen LogP contribution in [0.2, 0.25) is 0 Å². The van der Waals surface area contributed by atoms with Gasteiger partial charge in [-0.1, -0.05) is 0 Å². The molecule has 24 heavy (non-hydrogen) atoms. The zero-order valence-corrected chi connectivity index (χ0v) is 13.9. The van der Waals surface area contributed by atoms with Crippen LogP contribution in [-0.4, -0.2) is 32.0 Å². The molecule has 1 aromatic carbocycles. The number of ether oxygens (including phenoxy) is 1. The molecule has 6 nitrogen and oxygen atoms in total. The van der Waals surface area contributed by atoms with Crippen LogP contribution in [0.4, 0.5) is 0 Å². The first-order valence-corrected chi connectivity index (χ1v) is 7.70. The minimum atomic E-state index is -0.387. The summed E-state index contributed by atoms with van der Waals surface area (Å²) >= 11 is 0. The van der Waals surface area contributed by atoms with Gasteiger partial charge in [-0.15, -0.1) is 0 Å². The zero-order valence-electron chi connectivity index (χ0n) is 13.9. The molecule has 0 unspecified atom stereocenters. The summed E-state index contributed by atoms with van der Waals surface area (Å²) in [6.07, 6.45) is 5.03. The number of hydrogen-bond donors (Lipinski definition) is 1. The quantitative estimate of drug-likeness (QED) is 0.591. The van der Waals surface area contributed by atoms with E-state index in [0.29, 0.717) is 6.61 Å². The van der Waals surface area contributed by atoms with Gasteiger partial charge < -0.3 is 14.4 Å². The number of hydrogen-bond acceptors (Lipinski definition) is 4. The molecule has 2 aromatic heterocycles. The summed E-state index contributed by atoms with van der Waals surface area (Å²) < 4.78 is 8.63. The average molecular weight is 325 g/mol. The fraction of sp³-hybridized carbons (Fsp3) is 0.222. The van der Waals surface area contributed by atoms with Crippen LogP contribution in [0, 0.1) is 6.92 Å². The van der Waals surface area contributed by atoms with Crippen LogP contribution in [0.5, 0.6) is 5.75 Å². The van der Waals surface area contributed by atoms with Crippen molar-refractivity contribution in [1.29, 1.82) is 0 Å².